The fourth-order valence-electron chi connectivity index (χ4n) is 5.33. The second-order valence-electron chi connectivity index (χ2n) is 8.99. The highest BCUT2D eigenvalue weighted by molar-refractivity contribution is 5.18. The Hall–Kier alpha value is -2.50. The van der Waals surface area contributed by atoms with Crippen LogP contribution < -0.4 is 0 Å². The molecule has 5 rings (SSSR count). The standard InChI is InChI=1S/C25H30N4O/c1-20-26-27-24(30-20)23-18-29(17-22-10-6-3-7-11-22)19-25(23)12-14-28(15-13-25)16-21-8-4-2-5-9-21/h2-11,23H,12-19H2,1H3. The summed E-state index contributed by atoms with van der Waals surface area (Å²) in [6.07, 6.45) is 2.36. The van der Waals surface area contributed by atoms with E-state index < -0.39 is 0 Å². The lowest BCUT2D eigenvalue weighted by Gasteiger charge is -2.42. The number of benzene rings is 2. The van der Waals surface area contributed by atoms with Crippen molar-refractivity contribution in [3.05, 3.63) is 83.6 Å². The van der Waals surface area contributed by atoms with Gasteiger partial charge in [0.05, 0.1) is 5.92 Å². The molecular weight excluding hydrogens is 372 g/mol. The van der Waals surface area contributed by atoms with Crippen molar-refractivity contribution in [2.24, 2.45) is 5.41 Å². The maximum absolute atomic E-state index is 5.95. The van der Waals surface area contributed by atoms with Gasteiger partial charge < -0.3 is 4.42 Å². The van der Waals surface area contributed by atoms with Crippen LogP contribution in [-0.4, -0.2) is 46.2 Å². The van der Waals surface area contributed by atoms with Crippen molar-refractivity contribution in [2.75, 3.05) is 26.2 Å². The van der Waals surface area contributed by atoms with Gasteiger partial charge in [-0.05, 0) is 42.5 Å². The number of rotatable bonds is 5. The van der Waals surface area contributed by atoms with E-state index in [0.29, 0.717) is 11.8 Å². The Morgan fingerprint density at radius 3 is 2.03 bits per heavy atom. The van der Waals surface area contributed by atoms with E-state index in [1.807, 2.05) is 6.92 Å². The van der Waals surface area contributed by atoms with Crippen molar-refractivity contribution in [3.63, 3.8) is 0 Å². The second-order valence-corrected chi connectivity index (χ2v) is 8.99. The molecule has 5 heteroatoms. The minimum Gasteiger partial charge on any atom is -0.425 e. The van der Waals surface area contributed by atoms with Crippen molar-refractivity contribution in [3.8, 4) is 0 Å². The first-order valence-electron chi connectivity index (χ1n) is 11.0. The van der Waals surface area contributed by atoms with Crippen LogP contribution in [0.4, 0.5) is 0 Å². The highest BCUT2D eigenvalue weighted by Crippen LogP contribution is 2.49. The molecule has 0 saturated carbocycles. The fraction of sp³-hybridized carbons (Fsp3) is 0.440. The molecule has 0 aliphatic carbocycles. The lowest BCUT2D eigenvalue weighted by molar-refractivity contribution is 0.0851. The summed E-state index contributed by atoms with van der Waals surface area (Å²) in [7, 11) is 0. The number of aryl methyl sites for hydroxylation is 1. The predicted octanol–water partition coefficient (Wildman–Crippen LogP) is 4.26. The van der Waals surface area contributed by atoms with Crippen LogP contribution in [-0.2, 0) is 13.1 Å². The van der Waals surface area contributed by atoms with Crippen LogP contribution in [0.25, 0.3) is 0 Å². The zero-order chi connectivity index (χ0) is 20.4. The molecule has 2 aliphatic rings. The maximum Gasteiger partial charge on any atom is 0.221 e. The van der Waals surface area contributed by atoms with Gasteiger partial charge in [0.1, 0.15) is 0 Å². The Bertz CT molecular complexity index is 948. The van der Waals surface area contributed by atoms with E-state index in [4.69, 9.17) is 4.42 Å². The summed E-state index contributed by atoms with van der Waals surface area (Å²) >= 11 is 0. The van der Waals surface area contributed by atoms with Gasteiger partial charge in [0, 0.05) is 33.1 Å². The van der Waals surface area contributed by atoms with Crippen LogP contribution in [0.5, 0.6) is 0 Å². The van der Waals surface area contributed by atoms with Crippen LogP contribution in [0.15, 0.2) is 65.1 Å². The molecule has 156 valence electrons. The summed E-state index contributed by atoms with van der Waals surface area (Å²) in [5, 5.41) is 8.59. The van der Waals surface area contributed by atoms with Gasteiger partial charge in [0.25, 0.3) is 0 Å². The van der Waals surface area contributed by atoms with Gasteiger partial charge in [0.2, 0.25) is 11.8 Å². The molecule has 3 heterocycles. The van der Waals surface area contributed by atoms with Crippen molar-refractivity contribution < 1.29 is 4.42 Å². The first-order valence-corrected chi connectivity index (χ1v) is 11.0. The first kappa shape index (κ1) is 19.5. The van der Waals surface area contributed by atoms with Gasteiger partial charge in [-0.25, -0.2) is 0 Å². The first-order chi connectivity index (χ1) is 14.7. The summed E-state index contributed by atoms with van der Waals surface area (Å²) < 4.78 is 5.95. The van der Waals surface area contributed by atoms with Gasteiger partial charge >= 0.3 is 0 Å². The lowest BCUT2D eigenvalue weighted by atomic mass is 9.70. The topological polar surface area (TPSA) is 45.4 Å². The van der Waals surface area contributed by atoms with Gasteiger partial charge in [-0.1, -0.05) is 60.7 Å². The highest BCUT2D eigenvalue weighted by atomic mass is 16.4. The average Bonchev–Trinajstić information content (AvgIpc) is 3.35. The molecule has 1 atom stereocenters. The third-order valence-electron chi connectivity index (χ3n) is 6.91. The van der Waals surface area contributed by atoms with Crippen LogP contribution in [0.3, 0.4) is 0 Å². The molecule has 2 fully saturated rings. The second kappa shape index (κ2) is 8.32. The third kappa shape index (κ3) is 4.05. The van der Waals surface area contributed by atoms with Crippen molar-refractivity contribution in [2.45, 2.75) is 38.8 Å². The maximum atomic E-state index is 5.95. The zero-order valence-corrected chi connectivity index (χ0v) is 17.7. The summed E-state index contributed by atoms with van der Waals surface area (Å²) in [6, 6.07) is 21.6. The van der Waals surface area contributed by atoms with Crippen LogP contribution in [0.1, 0.15) is 41.7 Å². The Kier molecular flexibility index (Phi) is 5.40. The van der Waals surface area contributed by atoms with E-state index >= 15 is 0 Å². The molecule has 2 aromatic carbocycles. The van der Waals surface area contributed by atoms with Crippen LogP contribution >= 0.6 is 0 Å². The van der Waals surface area contributed by atoms with E-state index in [1.165, 1.54) is 24.0 Å². The molecule has 0 amide bonds. The zero-order valence-electron chi connectivity index (χ0n) is 17.7. The number of aromatic nitrogens is 2. The molecule has 1 spiro atoms. The molecule has 2 aliphatic heterocycles. The number of piperidine rings is 1. The minimum absolute atomic E-state index is 0.223. The van der Waals surface area contributed by atoms with Gasteiger partial charge in [-0.2, -0.15) is 0 Å². The number of nitrogens with zero attached hydrogens (tertiary/aromatic N) is 4. The summed E-state index contributed by atoms with van der Waals surface area (Å²) in [6.45, 7) is 8.26. The Morgan fingerprint density at radius 2 is 1.47 bits per heavy atom. The molecule has 5 nitrogen and oxygen atoms in total. The van der Waals surface area contributed by atoms with Gasteiger partial charge in [-0.3, -0.25) is 9.80 Å². The largest absolute Gasteiger partial charge is 0.425 e. The minimum atomic E-state index is 0.223. The Morgan fingerprint density at radius 1 is 0.867 bits per heavy atom. The van der Waals surface area contributed by atoms with E-state index in [1.54, 1.807) is 0 Å². The lowest BCUT2D eigenvalue weighted by Crippen LogP contribution is -2.43. The number of hydrogen-bond donors (Lipinski definition) is 0. The van der Waals surface area contributed by atoms with Crippen molar-refractivity contribution in [1.29, 1.82) is 0 Å². The van der Waals surface area contributed by atoms with Crippen molar-refractivity contribution in [1.82, 2.24) is 20.0 Å². The number of hydrogen-bond acceptors (Lipinski definition) is 5. The normalized spacial score (nSPS) is 22.0. The monoisotopic (exact) mass is 402 g/mol. The molecule has 3 aromatic rings. The molecule has 0 radical (unpaired) electrons. The highest BCUT2D eigenvalue weighted by Gasteiger charge is 2.50. The summed E-state index contributed by atoms with van der Waals surface area (Å²) in [4.78, 5) is 5.18. The number of likely N-dealkylation sites (tertiary alicyclic amines) is 2. The molecule has 0 N–H and O–H groups in total. The van der Waals surface area contributed by atoms with E-state index in [0.717, 1.165) is 45.2 Å². The molecule has 2 saturated heterocycles. The van der Waals surface area contributed by atoms with E-state index in [2.05, 4.69) is 80.7 Å². The molecule has 30 heavy (non-hydrogen) atoms. The molecule has 1 unspecified atom stereocenters. The molecular formula is C25H30N4O. The van der Waals surface area contributed by atoms with Crippen LogP contribution in [0, 0.1) is 12.3 Å². The average molecular weight is 403 g/mol. The third-order valence-corrected chi connectivity index (χ3v) is 6.91. The van der Waals surface area contributed by atoms with Crippen molar-refractivity contribution >= 4 is 0 Å². The van der Waals surface area contributed by atoms with E-state index in [-0.39, 0.29) is 5.41 Å². The quantitative estimate of drug-likeness (QED) is 0.638. The fourth-order valence-corrected chi connectivity index (χ4v) is 5.33. The SMILES string of the molecule is Cc1nnc(C2CN(Cc3ccccc3)CC23CCN(Cc2ccccc2)CC3)o1. The summed E-state index contributed by atoms with van der Waals surface area (Å²) in [5.74, 6) is 1.82. The smallest absolute Gasteiger partial charge is 0.221 e. The van der Waals surface area contributed by atoms with Crippen LogP contribution in [0.2, 0.25) is 0 Å². The molecule has 0 bridgehead atoms. The van der Waals surface area contributed by atoms with Gasteiger partial charge in [-0.15, -0.1) is 10.2 Å². The predicted molar refractivity (Wildman–Crippen MR) is 117 cm³/mol. The Labute approximate surface area is 178 Å². The summed E-state index contributed by atoms with van der Waals surface area (Å²) in [5.41, 5.74) is 2.99. The van der Waals surface area contributed by atoms with Gasteiger partial charge in [0.15, 0.2) is 0 Å². The van der Waals surface area contributed by atoms with E-state index in [9.17, 15) is 0 Å². The molecule has 1 aromatic heterocycles. The Balaban J connectivity index is 1.32.